The van der Waals surface area contributed by atoms with E-state index in [4.69, 9.17) is 23.7 Å². The van der Waals surface area contributed by atoms with Crippen molar-refractivity contribution in [1.82, 2.24) is 4.98 Å². The third kappa shape index (κ3) is 5.12. The average molecular weight is 478 g/mol. The molecular formula is C27H27NO7. The first kappa shape index (κ1) is 23.6. The highest BCUT2D eigenvalue weighted by Gasteiger charge is 2.50. The van der Waals surface area contributed by atoms with Crippen LogP contribution in [0.3, 0.4) is 0 Å². The third-order valence-electron chi connectivity index (χ3n) is 6.15. The molecule has 2 aliphatic heterocycles. The van der Waals surface area contributed by atoms with Crippen LogP contribution in [0.1, 0.15) is 39.9 Å². The number of carbonyl (C=O) groups is 1. The Kier molecular flexibility index (Phi) is 7.17. The molecule has 8 heteroatoms. The lowest BCUT2D eigenvalue weighted by Crippen LogP contribution is -2.59. The summed E-state index contributed by atoms with van der Waals surface area (Å²) in [4.78, 5) is 16.5. The maximum absolute atomic E-state index is 12.0. The van der Waals surface area contributed by atoms with Gasteiger partial charge < -0.3 is 28.8 Å². The fourth-order valence-electron chi connectivity index (χ4n) is 4.44. The second-order valence-corrected chi connectivity index (χ2v) is 8.43. The first-order valence-electron chi connectivity index (χ1n) is 11.5. The highest BCUT2D eigenvalue weighted by atomic mass is 16.8. The van der Waals surface area contributed by atoms with Crippen molar-refractivity contribution in [3.63, 3.8) is 0 Å². The van der Waals surface area contributed by atoms with Crippen LogP contribution in [0.25, 0.3) is 0 Å². The van der Waals surface area contributed by atoms with Gasteiger partial charge in [-0.1, -0.05) is 66.7 Å². The zero-order valence-electron chi connectivity index (χ0n) is 19.2. The minimum absolute atomic E-state index is 0.219. The van der Waals surface area contributed by atoms with E-state index in [9.17, 15) is 9.90 Å². The van der Waals surface area contributed by atoms with Crippen molar-refractivity contribution in [1.29, 1.82) is 0 Å². The molecule has 3 heterocycles. The van der Waals surface area contributed by atoms with E-state index in [2.05, 4.69) is 4.98 Å². The van der Waals surface area contributed by atoms with Gasteiger partial charge in [0.05, 0.1) is 19.8 Å². The molecule has 0 radical (unpaired) electrons. The average Bonchev–Trinajstić information content (AvgIpc) is 2.93. The topological polar surface area (TPSA) is 96.3 Å². The molecule has 2 aliphatic rings. The predicted octanol–water partition coefficient (Wildman–Crippen LogP) is 3.37. The summed E-state index contributed by atoms with van der Waals surface area (Å²) in [7, 11) is 1.32. The Morgan fingerprint density at radius 3 is 1.94 bits per heavy atom. The van der Waals surface area contributed by atoms with Crippen LogP contribution in [0.4, 0.5) is 0 Å². The van der Waals surface area contributed by atoms with Crippen molar-refractivity contribution in [2.45, 2.75) is 43.4 Å². The zero-order chi connectivity index (χ0) is 24.2. The normalized spacial score (nSPS) is 28.2. The molecule has 35 heavy (non-hydrogen) atoms. The minimum Gasteiger partial charge on any atom is -0.464 e. The zero-order valence-corrected chi connectivity index (χ0v) is 19.2. The van der Waals surface area contributed by atoms with Crippen LogP contribution >= 0.6 is 0 Å². The molecule has 6 unspecified atom stereocenters. The number of esters is 1. The Bertz CT molecular complexity index is 1130. The van der Waals surface area contributed by atoms with Gasteiger partial charge in [0.2, 0.25) is 0 Å². The summed E-state index contributed by atoms with van der Waals surface area (Å²) >= 11 is 0. The van der Waals surface area contributed by atoms with E-state index in [0.29, 0.717) is 12.1 Å². The summed E-state index contributed by atoms with van der Waals surface area (Å²) in [6.45, 7) is -0.238. The molecule has 2 fully saturated rings. The van der Waals surface area contributed by atoms with E-state index in [-0.39, 0.29) is 12.3 Å². The molecule has 3 aromatic rings. The predicted molar refractivity (Wildman–Crippen MR) is 124 cm³/mol. The molecule has 6 atom stereocenters. The van der Waals surface area contributed by atoms with Gasteiger partial charge in [0.15, 0.2) is 12.6 Å². The summed E-state index contributed by atoms with van der Waals surface area (Å²) in [5.74, 6) is -0.508. The highest BCUT2D eigenvalue weighted by molar-refractivity contribution is 5.87. The Labute approximate surface area is 203 Å². The Morgan fingerprint density at radius 1 is 0.800 bits per heavy atom. The second kappa shape index (κ2) is 10.6. The molecule has 1 aromatic heterocycles. The number of aliphatic hydroxyl groups excluding tert-OH is 1. The van der Waals surface area contributed by atoms with Gasteiger partial charge in [0.1, 0.15) is 24.0 Å². The van der Waals surface area contributed by atoms with Gasteiger partial charge >= 0.3 is 5.97 Å². The summed E-state index contributed by atoms with van der Waals surface area (Å²) in [5.41, 5.74) is 2.54. The van der Waals surface area contributed by atoms with Crippen molar-refractivity contribution in [2.24, 2.45) is 0 Å². The molecule has 0 amide bonds. The standard InChI is InChI=1S/C27H27NO7/c1-31-25(30)20-14-8-13-19(28-20)15-21-23-24(35-26(32-21)17-9-4-2-5-10-17)22(16-29)33-27(34-23)18-11-6-3-7-12-18/h2-14,21-24,26-27,29H,15-16H2,1H3. The van der Waals surface area contributed by atoms with Crippen LogP contribution in [-0.4, -0.2) is 54.2 Å². The van der Waals surface area contributed by atoms with Crippen molar-refractivity contribution in [3.05, 3.63) is 101 Å². The maximum atomic E-state index is 12.0. The van der Waals surface area contributed by atoms with Gasteiger partial charge in [-0.2, -0.15) is 0 Å². The second-order valence-electron chi connectivity index (χ2n) is 8.43. The summed E-state index contributed by atoms with van der Waals surface area (Å²) in [6.07, 6.45) is -3.23. The van der Waals surface area contributed by atoms with E-state index in [1.165, 1.54) is 7.11 Å². The fraction of sp³-hybridized carbons (Fsp3) is 0.333. The molecule has 0 spiro atoms. The number of rotatable bonds is 6. The number of pyridine rings is 1. The van der Waals surface area contributed by atoms with Crippen LogP contribution in [0.15, 0.2) is 78.9 Å². The van der Waals surface area contributed by atoms with Crippen molar-refractivity contribution in [2.75, 3.05) is 13.7 Å². The molecule has 182 valence electrons. The lowest BCUT2D eigenvalue weighted by Gasteiger charge is -2.49. The molecule has 8 nitrogen and oxygen atoms in total. The van der Waals surface area contributed by atoms with E-state index in [0.717, 1.165) is 11.1 Å². The van der Waals surface area contributed by atoms with Gasteiger partial charge in [-0.05, 0) is 12.1 Å². The van der Waals surface area contributed by atoms with Crippen molar-refractivity contribution >= 4 is 5.97 Å². The number of methoxy groups -OCH3 is 1. The van der Waals surface area contributed by atoms with Gasteiger partial charge in [-0.15, -0.1) is 0 Å². The number of ether oxygens (including phenoxy) is 5. The number of fused-ring (bicyclic) bond motifs is 1. The van der Waals surface area contributed by atoms with Gasteiger partial charge in [-0.3, -0.25) is 0 Å². The first-order valence-corrected chi connectivity index (χ1v) is 11.5. The van der Waals surface area contributed by atoms with Crippen LogP contribution in [-0.2, 0) is 30.1 Å². The van der Waals surface area contributed by atoms with Crippen LogP contribution < -0.4 is 0 Å². The number of aliphatic hydroxyl groups is 1. The Morgan fingerprint density at radius 2 is 1.37 bits per heavy atom. The third-order valence-corrected chi connectivity index (χ3v) is 6.15. The SMILES string of the molecule is COC(=O)c1cccc(CC2OC(c3ccccc3)OC3C(CO)OC(c4ccccc4)OC23)n1. The largest absolute Gasteiger partial charge is 0.464 e. The van der Waals surface area contributed by atoms with Crippen LogP contribution in [0.5, 0.6) is 0 Å². The van der Waals surface area contributed by atoms with E-state index in [1.54, 1.807) is 12.1 Å². The fourth-order valence-corrected chi connectivity index (χ4v) is 4.44. The van der Waals surface area contributed by atoms with Gasteiger partial charge in [0, 0.05) is 23.2 Å². The van der Waals surface area contributed by atoms with Gasteiger partial charge in [-0.25, -0.2) is 9.78 Å². The molecule has 1 N–H and O–H groups in total. The summed E-state index contributed by atoms with van der Waals surface area (Å²) in [5, 5.41) is 10.2. The van der Waals surface area contributed by atoms with E-state index in [1.807, 2.05) is 66.7 Å². The Hall–Kier alpha value is -3.14. The molecule has 5 rings (SSSR count). The smallest absolute Gasteiger partial charge is 0.356 e. The molecule has 2 aromatic carbocycles. The number of nitrogens with zero attached hydrogens (tertiary/aromatic N) is 1. The lowest BCUT2D eigenvalue weighted by atomic mass is 9.95. The highest BCUT2D eigenvalue weighted by Crippen LogP contribution is 2.41. The number of aromatic nitrogens is 1. The van der Waals surface area contributed by atoms with E-state index < -0.39 is 43.0 Å². The first-order chi connectivity index (χ1) is 17.2. The molecule has 0 saturated carbocycles. The summed E-state index contributed by atoms with van der Waals surface area (Å²) < 4.78 is 30.0. The maximum Gasteiger partial charge on any atom is 0.356 e. The van der Waals surface area contributed by atoms with Crippen LogP contribution in [0.2, 0.25) is 0 Å². The van der Waals surface area contributed by atoms with Crippen molar-refractivity contribution < 1.29 is 33.6 Å². The minimum atomic E-state index is -0.688. The monoisotopic (exact) mass is 477 g/mol. The number of carbonyl (C=O) groups excluding carboxylic acids is 1. The number of benzene rings is 2. The Balaban J connectivity index is 1.47. The van der Waals surface area contributed by atoms with Gasteiger partial charge in [0.25, 0.3) is 0 Å². The quantitative estimate of drug-likeness (QED) is 0.540. The molecule has 0 aliphatic carbocycles. The van der Waals surface area contributed by atoms with Crippen LogP contribution in [0, 0.1) is 0 Å². The summed E-state index contributed by atoms with van der Waals surface area (Å²) in [6, 6.07) is 24.3. The number of hydrogen-bond acceptors (Lipinski definition) is 8. The molecule has 2 saturated heterocycles. The van der Waals surface area contributed by atoms with E-state index >= 15 is 0 Å². The molecular weight excluding hydrogens is 450 g/mol. The lowest BCUT2D eigenvalue weighted by molar-refractivity contribution is -0.384. The number of hydrogen-bond donors (Lipinski definition) is 1. The molecule has 0 bridgehead atoms. The van der Waals surface area contributed by atoms with Crippen molar-refractivity contribution in [3.8, 4) is 0 Å².